The molecule has 0 saturated heterocycles. The van der Waals surface area contributed by atoms with Gasteiger partial charge in [0, 0.05) is 5.56 Å². The average molecular weight is 420 g/mol. The maximum Gasteiger partial charge on any atom is 0.123 e. The molecule has 0 spiro atoms. The van der Waals surface area contributed by atoms with Gasteiger partial charge < -0.3 is 0 Å². The van der Waals surface area contributed by atoms with Gasteiger partial charge in [0.05, 0.1) is 12.2 Å². The predicted octanol–water partition coefficient (Wildman–Crippen LogP) is 6.83. The molecular weight excluding hydrogens is 385 g/mol. The van der Waals surface area contributed by atoms with E-state index in [2.05, 4.69) is 47.2 Å². The van der Waals surface area contributed by atoms with E-state index in [0.29, 0.717) is 16.9 Å². The molecule has 4 aliphatic carbocycles. The van der Waals surface area contributed by atoms with Gasteiger partial charge in [-0.15, -0.1) is 5.10 Å². The lowest BCUT2D eigenvalue weighted by molar-refractivity contribution is -0.0954. The molecule has 1 unspecified atom stereocenters. The second-order valence-electron chi connectivity index (χ2n) is 11.3. The van der Waals surface area contributed by atoms with Gasteiger partial charge in [-0.05, 0) is 110 Å². The smallest absolute Gasteiger partial charge is 0.123 e. The molecule has 6 rings (SSSR count). The zero-order valence-electron chi connectivity index (χ0n) is 18.8. The van der Waals surface area contributed by atoms with Crippen LogP contribution in [0.15, 0.2) is 42.6 Å². The van der Waals surface area contributed by atoms with Crippen LogP contribution in [0.25, 0.3) is 11.3 Å². The van der Waals surface area contributed by atoms with Gasteiger partial charge in [-0.25, -0.2) is 9.07 Å². The third-order valence-corrected chi connectivity index (χ3v) is 10.1. The van der Waals surface area contributed by atoms with Crippen molar-refractivity contribution in [2.75, 3.05) is 0 Å². The number of benzene rings is 1. The summed E-state index contributed by atoms with van der Waals surface area (Å²) in [5.41, 5.74) is 2.61. The first-order chi connectivity index (χ1) is 15.0. The van der Waals surface area contributed by atoms with E-state index in [0.717, 1.165) is 34.9 Å². The quantitative estimate of drug-likeness (QED) is 0.499. The monoisotopic (exact) mass is 419 g/mol. The largest absolute Gasteiger partial charge is 0.248 e. The Morgan fingerprint density at radius 1 is 0.935 bits per heavy atom. The van der Waals surface area contributed by atoms with Gasteiger partial charge in [-0.2, -0.15) is 0 Å². The van der Waals surface area contributed by atoms with Gasteiger partial charge in [0.2, 0.25) is 0 Å². The fraction of sp³-hybridized carbons (Fsp3) is 0.630. The molecule has 0 radical (unpaired) electrons. The Labute approximate surface area is 185 Å². The summed E-state index contributed by atoms with van der Waals surface area (Å²) in [6, 6.07) is 7.02. The van der Waals surface area contributed by atoms with Gasteiger partial charge >= 0.3 is 0 Å². The number of hydrogen-bond donors (Lipinski definition) is 0. The molecule has 1 aromatic heterocycles. The topological polar surface area (TPSA) is 30.7 Å². The minimum absolute atomic E-state index is 0.212. The second-order valence-corrected chi connectivity index (χ2v) is 11.3. The first-order valence-electron chi connectivity index (χ1n) is 12.3. The standard InChI is InChI=1S/C27H34FN3/c1-26-15-4-3-5-19(26)8-11-21-22-12-13-25(27(22,2)16-14-23(21)26)31-17-24(29-30-31)18-6-9-20(28)10-7-18/h3-4,6-7,9-10,17,19,21-23,25H,5,8,11-16H2,1-2H3/t19-,21+,22+,23?,25-,26+,27+/m1/s1. The van der Waals surface area contributed by atoms with Crippen LogP contribution in [-0.2, 0) is 0 Å². The summed E-state index contributed by atoms with van der Waals surface area (Å²) in [6.45, 7) is 5.15. The van der Waals surface area contributed by atoms with E-state index in [1.165, 1.54) is 63.5 Å². The zero-order chi connectivity index (χ0) is 21.2. The molecule has 31 heavy (non-hydrogen) atoms. The van der Waals surface area contributed by atoms with Crippen LogP contribution >= 0.6 is 0 Å². The van der Waals surface area contributed by atoms with E-state index in [-0.39, 0.29) is 5.82 Å². The molecule has 3 nitrogen and oxygen atoms in total. The van der Waals surface area contributed by atoms with Crippen molar-refractivity contribution in [1.29, 1.82) is 0 Å². The molecular formula is C27H34FN3. The van der Waals surface area contributed by atoms with Gasteiger partial charge in [-0.1, -0.05) is 31.2 Å². The zero-order valence-corrected chi connectivity index (χ0v) is 18.8. The summed E-state index contributed by atoms with van der Waals surface area (Å²) in [5.74, 6) is 3.25. The van der Waals surface area contributed by atoms with Crippen LogP contribution < -0.4 is 0 Å². The van der Waals surface area contributed by atoms with Crippen LogP contribution in [0, 0.1) is 40.3 Å². The number of allylic oxidation sites excluding steroid dienone is 2. The summed E-state index contributed by atoms with van der Waals surface area (Å²) in [5, 5.41) is 9.04. The maximum atomic E-state index is 13.3. The summed E-state index contributed by atoms with van der Waals surface area (Å²) >= 11 is 0. The van der Waals surface area contributed by atoms with Crippen molar-refractivity contribution in [1.82, 2.24) is 15.0 Å². The van der Waals surface area contributed by atoms with Crippen molar-refractivity contribution in [2.45, 2.75) is 71.3 Å². The van der Waals surface area contributed by atoms with E-state index >= 15 is 0 Å². The Balaban J connectivity index is 1.27. The summed E-state index contributed by atoms with van der Waals surface area (Å²) in [7, 11) is 0. The van der Waals surface area contributed by atoms with Crippen LogP contribution in [0.4, 0.5) is 4.39 Å². The number of rotatable bonds is 2. The summed E-state index contributed by atoms with van der Waals surface area (Å²) < 4.78 is 15.5. The van der Waals surface area contributed by atoms with E-state index < -0.39 is 0 Å². The number of halogens is 1. The van der Waals surface area contributed by atoms with Crippen LogP contribution in [0.3, 0.4) is 0 Å². The highest BCUT2D eigenvalue weighted by molar-refractivity contribution is 5.57. The normalized spacial score (nSPS) is 41.5. The molecule has 0 bridgehead atoms. The molecule has 3 saturated carbocycles. The highest BCUT2D eigenvalue weighted by Gasteiger charge is 2.60. The molecule has 0 amide bonds. The number of aromatic nitrogens is 3. The van der Waals surface area contributed by atoms with Gasteiger partial charge in [0.1, 0.15) is 11.5 Å². The summed E-state index contributed by atoms with van der Waals surface area (Å²) in [6.07, 6.45) is 17.6. The molecule has 0 aliphatic heterocycles. The van der Waals surface area contributed by atoms with Gasteiger partial charge in [0.15, 0.2) is 0 Å². The number of hydrogen-bond acceptors (Lipinski definition) is 2. The van der Waals surface area contributed by atoms with Crippen molar-refractivity contribution in [3.63, 3.8) is 0 Å². The fourth-order valence-electron chi connectivity index (χ4n) is 8.43. The highest BCUT2D eigenvalue weighted by atomic mass is 19.1. The van der Waals surface area contributed by atoms with Crippen molar-refractivity contribution in [3.8, 4) is 11.3 Å². The predicted molar refractivity (Wildman–Crippen MR) is 121 cm³/mol. The molecule has 3 fully saturated rings. The highest BCUT2D eigenvalue weighted by Crippen LogP contribution is 2.67. The average Bonchev–Trinajstić information content (AvgIpc) is 3.38. The number of fused-ring (bicyclic) bond motifs is 5. The Morgan fingerprint density at radius 3 is 2.58 bits per heavy atom. The van der Waals surface area contributed by atoms with Crippen LogP contribution in [-0.4, -0.2) is 15.0 Å². The maximum absolute atomic E-state index is 13.3. The van der Waals surface area contributed by atoms with Crippen molar-refractivity contribution >= 4 is 0 Å². The lowest BCUT2D eigenvalue weighted by Crippen LogP contribution is -2.52. The SMILES string of the molecule is C[C@]12CCC3[C@@H](CC[C@H]4CC=CC[C@]34C)[C@@H]1CC[C@H]2n1cc(-c2ccc(F)cc2)nn1. The lowest BCUT2D eigenvalue weighted by atomic mass is 9.46. The minimum atomic E-state index is -0.212. The Kier molecular flexibility index (Phi) is 4.46. The van der Waals surface area contributed by atoms with Crippen molar-refractivity contribution < 1.29 is 4.39 Å². The molecule has 164 valence electrons. The van der Waals surface area contributed by atoms with E-state index in [1.54, 1.807) is 12.1 Å². The molecule has 2 aromatic rings. The molecule has 1 aromatic carbocycles. The van der Waals surface area contributed by atoms with Gasteiger partial charge in [-0.3, -0.25) is 0 Å². The lowest BCUT2D eigenvalue weighted by Gasteiger charge is -2.59. The molecule has 7 atom stereocenters. The molecule has 4 aliphatic rings. The van der Waals surface area contributed by atoms with E-state index in [1.807, 2.05) is 0 Å². The van der Waals surface area contributed by atoms with Gasteiger partial charge in [0.25, 0.3) is 0 Å². The molecule has 1 heterocycles. The van der Waals surface area contributed by atoms with Crippen molar-refractivity contribution in [2.24, 2.45) is 34.5 Å². The second kappa shape index (κ2) is 7.02. The van der Waals surface area contributed by atoms with Crippen LogP contribution in [0.5, 0.6) is 0 Å². The third kappa shape index (κ3) is 2.89. The Bertz CT molecular complexity index is 994. The first kappa shape index (κ1) is 19.7. The summed E-state index contributed by atoms with van der Waals surface area (Å²) in [4.78, 5) is 0. The molecule has 0 N–H and O–H groups in total. The third-order valence-electron chi connectivity index (χ3n) is 10.1. The van der Waals surface area contributed by atoms with Crippen molar-refractivity contribution in [3.05, 3.63) is 48.4 Å². The fourth-order valence-corrected chi connectivity index (χ4v) is 8.43. The first-order valence-corrected chi connectivity index (χ1v) is 12.3. The minimum Gasteiger partial charge on any atom is -0.248 e. The Morgan fingerprint density at radius 2 is 1.74 bits per heavy atom. The van der Waals surface area contributed by atoms with E-state index in [9.17, 15) is 4.39 Å². The number of nitrogens with zero attached hydrogens (tertiary/aromatic N) is 3. The van der Waals surface area contributed by atoms with E-state index in [4.69, 9.17) is 0 Å². The van der Waals surface area contributed by atoms with Crippen LogP contribution in [0.2, 0.25) is 0 Å². The molecule has 4 heteroatoms. The Hall–Kier alpha value is -1.97. The van der Waals surface area contributed by atoms with Crippen LogP contribution in [0.1, 0.15) is 71.3 Å².